The van der Waals surface area contributed by atoms with E-state index in [2.05, 4.69) is 0 Å². The Morgan fingerprint density at radius 1 is 1.07 bits per heavy atom. The average molecular weight is 218 g/mol. The molecule has 1 aliphatic carbocycles. The SMILES string of the molecule is O=S(=O)=C1CC=CC=C1c1ccccc1. The Balaban J connectivity index is 2.57. The Morgan fingerprint density at radius 3 is 2.47 bits per heavy atom. The number of hydrogen-bond acceptors (Lipinski definition) is 2. The van der Waals surface area contributed by atoms with E-state index in [1.54, 1.807) is 0 Å². The second kappa shape index (κ2) is 4.28. The normalized spacial score (nSPS) is 14.9. The van der Waals surface area contributed by atoms with Gasteiger partial charge in [-0.3, -0.25) is 0 Å². The van der Waals surface area contributed by atoms with Crippen molar-refractivity contribution < 1.29 is 8.42 Å². The lowest BCUT2D eigenvalue weighted by Gasteiger charge is -2.09. The van der Waals surface area contributed by atoms with Gasteiger partial charge in [0.05, 0.1) is 4.86 Å². The van der Waals surface area contributed by atoms with Gasteiger partial charge in [0, 0.05) is 12.0 Å². The first-order valence-corrected chi connectivity index (χ1v) is 5.74. The van der Waals surface area contributed by atoms with Crippen LogP contribution in [0.25, 0.3) is 5.57 Å². The first-order chi connectivity index (χ1) is 7.29. The third-order valence-corrected chi connectivity index (χ3v) is 3.08. The van der Waals surface area contributed by atoms with Crippen LogP contribution in [0.1, 0.15) is 12.0 Å². The molecule has 0 saturated heterocycles. The standard InChI is InChI=1S/C12H10O2S/c13-15(14)12-9-5-4-8-11(12)10-6-2-1-3-7-10/h1-8H,9H2. The van der Waals surface area contributed by atoms with Gasteiger partial charge in [0.2, 0.25) is 10.3 Å². The molecule has 1 aromatic rings. The van der Waals surface area contributed by atoms with Crippen LogP contribution in [0.4, 0.5) is 0 Å². The number of benzene rings is 1. The lowest BCUT2D eigenvalue weighted by Crippen LogP contribution is -2.04. The summed E-state index contributed by atoms with van der Waals surface area (Å²) >= 11 is 0. The number of rotatable bonds is 1. The molecule has 3 heteroatoms. The van der Waals surface area contributed by atoms with E-state index in [1.807, 2.05) is 48.6 Å². The van der Waals surface area contributed by atoms with Gasteiger partial charge in [-0.15, -0.1) is 0 Å². The molecule has 0 atom stereocenters. The Morgan fingerprint density at radius 2 is 1.80 bits per heavy atom. The molecule has 0 radical (unpaired) electrons. The quantitative estimate of drug-likeness (QED) is 0.676. The number of allylic oxidation sites excluding steroid dienone is 4. The topological polar surface area (TPSA) is 34.1 Å². The minimum Gasteiger partial charge on any atom is -0.184 e. The van der Waals surface area contributed by atoms with Crippen LogP contribution in [-0.2, 0) is 10.3 Å². The summed E-state index contributed by atoms with van der Waals surface area (Å²) in [5, 5.41) is 0. The predicted octanol–water partition coefficient (Wildman–Crippen LogP) is 2.08. The third kappa shape index (κ3) is 2.07. The molecule has 0 heterocycles. The maximum absolute atomic E-state index is 11.0. The highest BCUT2D eigenvalue weighted by molar-refractivity contribution is 7.74. The van der Waals surface area contributed by atoms with Crippen LogP contribution in [0, 0.1) is 0 Å². The number of hydrogen-bond donors (Lipinski definition) is 0. The lowest BCUT2D eigenvalue weighted by atomic mass is 9.97. The molecule has 0 saturated carbocycles. The van der Waals surface area contributed by atoms with Crippen molar-refractivity contribution >= 4 is 20.7 Å². The van der Waals surface area contributed by atoms with Crippen LogP contribution >= 0.6 is 0 Å². The van der Waals surface area contributed by atoms with E-state index >= 15 is 0 Å². The van der Waals surface area contributed by atoms with Gasteiger partial charge in [0.15, 0.2) is 0 Å². The molecule has 15 heavy (non-hydrogen) atoms. The highest BCUT2D eigenvalue weighted by atomic mass is 32.2. The summed E-state index contributed by atoms with van der Waals surface area (Å²) in [6.45, 7) is 0. The van der Waals surface area contributed by atoms with Crippen molar-refractivity contribution in [2.45, 2.75) is 6.42 Å². The van der Waals surface area contributed by atoms with Gasteiger partial charge >= 0.3 is 0 Å². The summed E-state index contributed by atoms with van der Waals surface area (Å²) in [6.07, 6.45) is 6.05. The molecular formula is C12H10O2S. The van der Waals surface area contributed by atoms with Crippen LogP contribution in [0.3, 0.4) is 0 Å². The van der Waals surface area contributed by atoms with E-state index in [1.165, 1.54) is 0 Å². The van der Waals surface area contributed by atoms with Crippen molar-refractivity contribution in [3.05, 3.63) is 54.1 Å². The van der Waals surface area contributed by atoms with E-state index in [0.29, 0.717) is 11.3 Å². The molecule has 0 bridgehead atoms. The Labute approximate surface area is 90.1 Å². The van der Waals surface area contributed by atoms with Gasteiger partial charge in [-0.05, 0) is 5.56 Å². The van der Waals surface area contributed by atoms with Gasteiger partial charge in [0.1, 0.15) is 0 Å². The van der Waals surface area contributed by atoms with E-state index in [4.69, 9.17) is 0 Å². The molecule has 0 N–H and O–H groups in total. The summed E-state index contributed by atoms with van der Waals surface area (Å²) < 4.78 is 22.1. The van der Waals surface area contributed by atoms with Gasteiger partial charge in [-0.1, -0.05) is 48.6 Å². The van der Waals surface area contributed by atoms with Crippen LogP contribution in [0.2, 0.25) is 0 Å². The fourth-order valence-corrected chi connectivity index (χ4v) is 2.17. The maximum atomic E-state index is 11.0. The first-order valence-electron chi connectivity index (χ1n) is 4.67. The molecule has 0 amide bonds. The fourth-order valence-electron chi connectivity index (χ4n) is 1.57. The molecule has 2 nitrogen and oxygen atoms in total. The van der Waals surface area contributed by atoms with E-state index in [-0.39, 0.29) is 0 Å². The predicted molar refractivity (Wildman–Crippen MR) is 62.1 cm³/mol. The zero-order chi connectivity index (χ0) is 10.7. The Bertz CT molecular complexity index is 541. The summed E-state index contributed by atoms with van der Waals surface area (Å²) in [4.78, 5) is 0.462. The highest BCUT2D eigenvalue weighted by Gasteiger charge is 2.11. The van der Waals surface area contributed by atoms with Gasteiger partial charge in [0.25, 0.3) is 0 Å². The fraction of sp³-hybridized carbons (Fsp3) is 0.0833. The first kappa shape index (κ1) is 9.93. The van der Waals surface area contributed by atoms with Crippen LogP contribution in [0.15, 0.2) is 48.6 Å². The zero-order valence-electron chi connectivity index (χ0n) is 8.05. The van der Waals surface area contributed by atoms with Gasteiger partial charge in [-0.2, -0.15) is 8.42 Å². The molecule has 2 rings (SSSR count). The highest BCUT2D eigenvalue weighted by Crippen LogP contribution is 2.20. The van der Waals surface area contributed by atoms with Crippen LogP contribution < -0.4 is 0 Å². The monoisotopic (exact) mass is 218 g/mol. The maximum Gasteiger partial charge on any atom is 0.218 e. The molecule has 0 unspecified atom stereocenters. The zero-order valence-corrected chi connectivity index (χ0v) is 8.87. The van der Waals surface area contributed by atoms with Crippen molar-refractivity contribution in [1.82, 2.24) is 0 Å². The van der Waals surface area contributed by atoms with Crippen molar-refractivity contribution in [3.63, 3.8) is 0 Å². The molecule has 1 aromatic carbocycles. The average Bonchev–Trinajstić information content (AvgIpc) is 2.30. The lowest BCUT2D eigenvalue weighted by molar-refractivity contribution is 0.627. The molecule has 1 aliphatic rings. The molecule has 0 spiro atoms. The molecule has 76 valence electrons. The van der Waals surface area contributed by atoms with Gasteiger partial charge in [-0.25, -0.2) is 0 Å². The van der Waals surface area contributed by atoms with Crippen molar-refractivity contribution in [2.75, 3.05) is 0 Å². The summed E-state index contributed by atoms with van der Waals surface area (Å²) in [7, 11) is -2.14. The van der Waals surface area contributed by atoms with Crippen LogP contribution in [-0.4, -0.2) is 13.3 Å². The second-order valence-corrected chi connectivity index (χ2v) is 4.20. The van der Waals surface area contributed by atoms with E-state index < -0.39 is 10.3 Å². The van der Waals surface area contributed by atoms with Crippen molar-refractivity contribution in [1.29, 1.82) is 0 Å². The Hall–Kier alpha value is -1.61. The molecular weight excluding hydrogens is 208 g/mol. The third-order valence-electron chi connectivity index (χ3n) is 2.29. The van der Waals surface area contributed by atoms with E-state index in [9.17, 15) is 8.42 Å². The van der Waals surface area contributed by atoms with Gasteiger partial charge < -0.3 is 0 Å². The molecule has 0 fully saturated rings. The summed E-state index contributed by atoms with van der Waals surface area (Å²) in [6, 6.07) is 9.55. The smallest absolute Gasteiger partial charge is 0.184 e. The molecule has 0 aromatic heterocycles. The second-order valence-electron chi connectivity index (χ2n) is 3.24. The minimum absolute atomic E-state index is 0.462. The summed E-state index contributed by atoms with van der Waals surface area (Å²) in [5.74, 6) is 0. The summed E-state index contributed by atoms with van der Waals surface area (Å²) in [5.41, 5.74) is 1.74. The Kier molecular flexibility index (Phi) is 2.83. The molecule has 0 aliphatic heterocycles. The largest absolute Gasteiger partial charge is 0.218 e. The van der Waals surface area contributed by atoms with Crippen LogP contribution in [0.5, 0.6) is 0 Å². The van der Waals surface area contributed by atoms with Crippen molar-refractivity contribution in [2.24, 2.45) is 0 Å². The van der Waals surface area contributed by atoms with E-state index in [0.717, 1.165) is 11.1 Å². The minimum atomic E-state index is -2.14. The van der Waals surface area contributed by atoms with Crippen molar-refractivity contribution in [3.8, 4) is 0 Å².